The summed E-state index contributed by atoms with van der Waals surface area (Å²) in [6, 6.07) is -0.472. The standard InChI is InChI=1S/C19H27F3N4O2/c1-12-10-16(19(20,21)22)26-17(23-12)11-14(24-26)15-5-2-8-25(15)18(27)7-6-13-4-3-9-28-13/h11-13,15-16,23H,2-10H2,1H3/t12-,13+,15-,16-/m1/s1. The van der Waals surface area contributed by atoms with Crippen LogP contribution in [-0.4, -0.2) is 52.1 Å². The molecule has 1 N–H and O–H groups in total. The minimum absolute atomic E-state index is 0.0395. The van der Waals surface area contributed by atoms with Crippen LogP contribution in [-0.2, 0) is 9.53 Å². The summed E-state index contributed by atoms with van der Waals surface area (Å²) in [4.78, 5) is 14.5. The molecule has 0 unspecified atom stereocenters. The summed E-state index contributed by atoms with van der Waals surface area (Å²) in [5.74, 6) is 0.424. The van der Waals surface area contributed by atoms with E-state index in [0.29, 0.717) is 30.9 Å². The number of likely N-dealkylation sites (tertiary alicyclic amines) is 1. The molecule has 4 heterocycles. The van der Waals surface area contributed by atoms with Crippen molar-refractivity contribution < 1.29 is 22.7 Å². The third-order valence-electron chi connectivity index (χ3n) is 6.02. The predicted octanol–water partition coefficient (Wildman–Crippen LogP) is 3.81. The second-order valence-corrected chi connectivity index (χ2v) is 8.16. The van der Waals surface area contributed by atoms with Crippen LogP contribution < -0.4 is 5.32 Å². The van der Waals surface area contributed by atoms with E-state index in [1.54, 1.807) is 17.9 Å². The molecule has 6 nitrogen and oxygen atoms in total. The van der Waals surface area contributed by atoms with Crippen molar-refractivity contribution in [2.75, 3.05) is 18.5 Å². The maximum atomic E-state index is 13.5. The Hall–Kier alpha value is -1.77. The number of hydrogen-bond acceptors (Lipinski definition) is 4. The first-order valence-corrected chi connectivity index (χ1v) is 10.2. The van der Waals surface area contributed by atoms with Crippen molar-refractivity contribution in [2.45, 2.75) is 82.3 Å². The van der Waals surface area contributed by atoms with Gasteiger partial charge in [-0.2, -0.15) is 18.3 Å². The van der Waals surface area contributed by atoms with Crippen LogP contribution in [0.25, 0.3) is 0 Å². The predicted molar refractivity (Wildman–Crippen MR) is 96.9 cm³/mol. The first-order chi connectivity index (χ1) is 13.3. The van der Waals surface area contributed by atoms with Gasteiger partial charge in [0.05, 0.1) is 17.8 Å². The zero-order chi connectivity index (χ0) is 19.9. The Balaban J connectivity index is 1.49. The van der Waals surface area contributed by atoms with Crippen LogP contribution in [0, 0.1) is 0 Å². The van der Waals surface area contributed by atoms with Crippen molar-refractivity contribution in [1.29, 1.82) is 0 Å². The average Bonchev–Trinajstić information content (AvgIpc) is 3.36. The van der Waals surface area contributed by atoms with E-state index in [1.807, 2.05) is 0 Å². The topological polar surface area (TPSA) is 59.4 Å². The van der Waals surface area contributed by atoms with Crippen molar-refractivity contribution in [1.82, 2.24) is 14.7 Å². The fraction of sp³-hybridized carbons (Fsp3) is 0.789. The van der Waals surface area contributed by atoms with Crippen molar-refractivity contribution in [3.63, 3.8) is 0 Å². The van der Waals surface area contributed by atoms with Gasteiger partial charge in [0.1, 0.15) is 5.82 Å². The summed E-state index contributed by atoms with van der Waals surface area (Å²) >= 11 is 0. The lowest BCUT2D eigenvalue weighted by atomic mass is 10.1. The minimum Gasteiger partial charge on any atom is -0.378 e. The van der Waals surface area contributed by atoms with Gasteiger partial charge in [-0.25, -0.2) is 4.68 Å². The zero-order valence-electron chi connectivity index (χ0n) is 16.0. The molecule has 0 saturated carbocycles. The highest BCUT2D eigenvalue weighted by atomic mass is 19.4. The van der Waals surface area contributed by atoms with Gasteiger partial charge in [0.25, 0.3) is 0 Å². The fourth-order valence-electron chi connectivity index (χ4n) is 4.61. The Labute approximate surface area is 162 Å². The average molecular weight is 400 g/mol. The van der Waals surface area contributed by atoms with E-state index >= 15 is 0 Å². The molecule has 0 radical (unpaired) electrons. The Bertz CT molecular complexity index is 715. The fourth-order valence-corrected chi connectivity index (χ4v) is 4.61. The summed E-state index contributed by atoms with van der Waals surface area (Å²) in [7, 11) is 0. The van der Waals surface area contributed by atoms with Gasteiger partial charge in [-0.15, -0.1) is 0 Å². The molecule has 2 saturated heterocycles. The van der Waals surface area contributed by atoms with Crippen LogP contribution in [0.2, 0.25) is 0 Å². The number of nitrogens with one attached hydrogen (secondary N) is 1. The Morgan fingerprint density at radius 1 is 1.36 bits per heavy atom. The number of aromatic nitrogens is 2. The van der Waals surface area contributed by atoms with Gasteiger partial charge in [-0.3, -0.25) is 4.79 Å². The van der Waals surface area contributed by atoms with E-state index in [0.717, 1.165) is 37.0 Å². The molecule has 0 bridgehead atoms. The third kappa shape index (κ3) is 3.86. The van der Waals surface area contributed by atoms with Gasteiger partial charge in [-0.1, -0.05) is 0 Å². The Morgan fingerprint density at radius 3 is 2.89 bits per heavy atom. The summed E-state index contributed by atoms with van der Waals surface area (Å²) in [5, 5.41) is 7.39. The van der Waals surface area contributed by atoms with Gasteiger partial charge in [0.15, 0.2) is 6.04 Å². The molecule has 1 aromatic heterocycles. The van der Waals surface area contributed by atoms with E-state index in [-0.39, 0.29) is 30.5 Å². The van der Waals surface area contributed by atoms with E-state index < -0.39 is 12.2 Å². The van der Waals surface area contributed by atoms with Crippen molar-refractivity contribution in [3.05, 3.63) is 11.8 Å². The minimum atomic E-state index is -4.35. The van der Waals surface area contributed by atoms with Gasteiger partial charge in [0.2, 0.25) is 5.91 Å². The lowest BCUT2D eigenvalue weighted by Gasteiger charge is -2.31. The monoisotopic (exact) mass is 400 g/mol. The number of hydrogen-bond donors (Lipinski definition) is 1. The number of alkyl halides is 3. The van der Waals surface area contributed by atoms with Crippen LogP contribution in [0.5, 0.6) is 0 Å². The third-order valence-corrected chi connectivity index (χ3v) is 6.02. The van der Waals surface area contributed by atoms with Gasteiger partial charge in [-0.05, 0) is 45.4 Å². The second-order valence-electron chi connectivity index (χ2n) is 8.16. The molecule has 4 atom stereocenters. The lowest BCUT2D eigenvalue weighted by Crippen LogP contribution is -2.38. The van der Waals surface area contributed by atoms with Gasteiger partial charge >= 0.3 is 6.18 Å². The molecule has 3 aliphatic heterocycles. The molecule has 2 fully saturated rings. The molecule has 1 amide bonds. The Kier molecular flexibility index (Phi) is 5.28. The van der Waals surface area contributed by atoms with E-state index in [4.69, 9.17) is 4.74 Å². The number of amides is 1. The lowest BCUT2D eigenvalue weighted by molar-refractivity contribution is -0.173. The normalized spacial score (nSPS) is 30.4. The smallest absolute Gasteiger partial charge is 0.378 e. The van der Waals surface area contributed by atoms with Crippen LogP contribution in [0.3, 0.4) is 0 Å². The van der Waals surface area contributed by atoms with E-state index in [1.165, 1.54) is 0 Å². The molecule has 0 aromatic carbocycles. The number of carbonyl (C=O) groups is 1. The number of carbonyl (C=O) groups excluding carboxylic acids is 1. The molecule has 1 aromatic rings. The molecule has 28 heavy (non-hydrogen) atoms. The van der Waals surface area contributed by atoms with Gasteiger partial charge in [0, 0.05) is 31.7 Å². The number of anilines is 1. The number of fused-ring (bicyclic) bond motifs is 1. The molecule has 0 spiro atoms. The Morgan fingerprint density at radius 2 is 2.18 bits per heavy atom. The molecule has 3 aliphatic rings. The highest BCUT2D eigenvalue weighted by molar-refractivity contribution is 5.77. The molecule has 9 heteroatoms. The highest BCUT2D eigenvalue weighted by Gasteiger charge is 2.46. The largest absolute Gasteiger partial charge is 0.410 e. The molecule has 4 rings (SSSR count). The van der Waals surface area contributed by atoms with Crippen molar-refractivity contribution in [2.24, 2.45) is 0 Å². The number of halogens is 3. The van der Waals surface area contributed by atoms with Crippen LogP contribution >= 0.6 is 0 Å². The number of ether oxygens (including phenoxy) is 1. The zero-order valence-corrected chi connectivity index (χ0v) is 16.0. The van der Waals surface area contributed by atoms with Crippen molar-refractivity contribution in [3.8, 4) is 0 Å². The maximum Gasteiger partial charge on any atom is 0.410 e. The van der Waals surface area contributed by atoms with Gasteiger partial charge < -0.3 is 15.0 Å². The first-order valence-electron chi connectivity index (χ1n) is 10.2. The molecule has 156 valence electrons. The second kappa shape index (κ2) is 7.57. The van der Waals surface area contributed by atoms with Crippen molar-refractivity contribution >= 4 is 11.7 Å². The van der Waals surface area contributed by atoms with E-state index in [2.05, 4.69) is 10.4 Å². The summed E-state index contributed by atoms with van der Waals surface area (Å²) in [5.41, 5.74) is 0.550. The quantitative estimate of drug-likeness (QED) is 0.835. The molecular formula is C19H27F3N4O2. The van der Waals surface area contributed by atoms with Crippen LogP contribution in [0.4, 0.5) is 19.0 Å². The molecule has 0 aliphatic carbocycles. The summed E-state index contributed by atoms with van der Waals surface area (Å²) in [6.07, 6.45) is 0.478. The first kappa shape index (κ1) is 19.5. The van der Waals surface area contributed by atoms with Crippen LogP contribution in [0.15, 0.2) is 6.07 Å². The highest BCUT2D eigenvalue weighted by Crippen LogP contribution is 2.41. The maximum absolute atomic E-state index is 13.5. The number of nitrogens with zero attached hydrogens (tertiary/aromatic N) is 3. The SMILES string of the molecule is C[C@@H]1C[C@H](C(F)(F)F)n2nc([C@H]3CCCN3C(=O)CC[C@@H]3CCCO3)cc2N1. The summed E-state index contributed by atoms with van der Waals surface area (Å²) in [6.45, 7) is 3.13. The van der Waals surface area contributed by atoms with E-state index in [9.17, 15) is 18.0 Å². The number of rotatable bonds is 4. The summed E-state index contributed by atoms with van der Waals surface area (Å²) < 4.78 is 47.0. The van der Waals surface area contributed by atoms with Crippen LogP contribution in [0.1, 0.15) is 69.6 Å². The molecular weight excluding hydrogens is 373 g/mol.